The monoisotopic (exact) mass is 583 g/mol. The van der Waals surface area contributed by atoms with Gasteiger partial charge in [0.2, 0.25) is 0 Å². The van der Waals surface area contributed by atoms with Crippen molar-refractivity contribution in [3.63, 3.8) is 0 Å². The molecular weight excluding hydrogens is 559 g/mol. The molecule has 202 valence electrons. The Kier molecular flexibility index (Phi) is 5.62. The molecule has 0 N–H and O–H groups in total. The van der Waals surface area contributed by atoms with Gasteiger partial charge in [0.15, 0.2) is 0 Å². The molecule has 1 nitrogen and oxygen atoms in total. The zero-order chi connectivity index (χ0) is 28.3. The fourth-order valence-corrected chi connectivity index (χ4v) is 9.03. The van der Waals surface area contributed by atoms with E-state index in [4.69, 9.17) is 0 Å². The smallest absolute Gasteiger partial charge is 0.0640 e. The van der Waals surface area contributed by atoms with Gasteiger partial charge in [0, 0.05) is 47.0 Å². The third kappa shape index (κ3) is 3.90. The minimum atomic E-state index is 1.15. The summed E-state index contributed by atoms with van der Waals surface area (Å²) in [5.74, 6) is 0. The number of nitrogens with zero attached hydrogens (tertiary/aromatic N) is 1. The van der Waals surface area contributed by atoms with Crippen LogP contribution in [0.4, 0.5) is 17.1 Å². The molecule has 0 amide bonds. The SMILES string of the molecule is c1ccc(N(c2ccc(-c3cccc4c3sc3c5ccccc5ccc43)cc2)c2cccc3c2sc2ccccc23)cc1. The van der Waals surface area contributed by atoms with Gasteiger partial charge in [-0.3, -0.25) is 0 Å². The third-order valence-corrected chi connectivity index (χ3v) is 11.0. The second kappa shape index (κ2) is 9.81. The third-order valence-electron chi connectivity index (χ3n) is 8.46. The number of anilines is 3. The van der Waals surface area contributed by atoms with Crippen molar-refractivity contribution in [1.29, 1.82) is 0 Å². The molecule has 0 bridgehead atoms. The first-order valence-electron chi connectivity index (χ1n) is 14.5. The molecule has 0 spiro atoms. The highest BCUT2D eigenvalue weighted by molar-refractivity contribution is 7.27. The summed E-state index contributed by atoms with van der Waals surface area (Å²) in [5, 5.41) is 7.91. The Labute approximate surface area is 257 Å². The van der Waals surface area contributed by atoms with E-state index in [0.717, 1.165) is 11.4 Å². The van der Waals surface area contributed by atoms with Gasteiger partial charge >= 0.3 is 0 Å². The summed E-state index contributed by atoms with van der Waals surface area (Å²) in [7, 11) is 0. The van der Waals surface area contributed by atoms with Crippen LogP contribution in [0.3, 0.4) is 0 Å². The lowest BCUT2D eigenvalue weighted by Crippen LogP contribution is -2.09. The number of para-hydroxylation sites is 1. The highest BCUT2D eigenvalue weighted by Gasteiger charge is 2.18. The maximum Gasteiger partial charge on any atom is 0.0640 e. The van der Waals surface area contributed by atoms with E-state index >= 15 is 0 Å². The maximum atomic E-state index is 2.40. The van der Waals surface area contributed by atoms with E-state index in [2.05, 4.69) is 157 Å². The van der Waals surface area contributed by atoms with E-state index in [0.29, 0.717) is 0 Å². The summed E-state index contributed by atoms with van der Waals surface area (Å²) < 4.78 is 5.33. The summed E-state index contributed by atoms with van der Waals surface area (Å²) in [6.07, 6.45) is 0. The Morgan fingerprint density at radius 1 is 0.372 bits per heavy atom. The lowest BCUT2D eigenvalue weighted by atomic mass is 10.0. The summed E-state index contributed by atoms with van der Waals surface area (Å²) in [6.45, 7) is 0. The number of fused-ring (bicyclic) bond motifs is 8. The quantitative estimate of drug-likeness (QED) is 0.199. The van der Waals surface area contributed by atoms with Crippen LogP contribution in [-0.2, 0) is 0 Å². The van der Waals surface area contributed by atoms with Crippen molar-refractivity contribution in [2.45, 2.75) is 0 Å². The molecule has 0 unspecified atom stereocenters. The summed E-state index contributed by atoms with van der Waals surface area (Å²) in [4.78, 5) is 2.40. The average Bonchev–Trinajstić information content (AvgIpc) is 3.65. The number of hydrogen-bond acceptors (Lipinski definition) is 3. The van der Waals surface area contributed by atoms with Crippen LogP contribution >= 0.6 is 22.7 Å². The molecule has 0 aliphatic heterocycles. The maximum absolute atomic E-state index is 2.40. The average molecular weight is 584 g/mol. The molecule has 0 saturated heterocycles. The van der Waals surface area contributed by atoms with Gasteiger partial charge in [0.05, 0.1) is 10.4 Å². The molecule has 0 aliphatic carbocycles. The first kappa shape index (κ1) is 24.6. The van der Waals surface area contributed by atoms with Crippen LogP contribution < -0.4 is 4.90 Å². The van der Waals surface area contributed by atoms with Crippen molar-refractivity contribution in [3.8, 4) is 11.1 Å². The fraction of sp³-hybridized carbons (Fsp3) is 0. The highest BCUT2D eigenvalue weighted by atomic mass is 32.1. The largest absolute Gasteiger partial charge is 0.309 e. The molecule has 0 radical (unpaired) electrons. The predicted octanol–water partition coefficient (Wildman–Crippen LogP) is 12.7. The van der Waals surface area contributed by atoms with Gasteiger partial charge in [0.1, 0.15) is 0 Å². The van der Waals surface area contributed by atoms with E-state index in [-0.39, 0.29) is 0 Å². The van der Waals surface area contributed by atoms with Gasteiger partial charge in [-0.2, -0.15) is 0 Å². The molecule has 9 rings (SSSR count). The molecule has 0 fully saturated rings. The zero-order valence-electron chi connectivity index (χ0n) is 23.2. The molecular formula is C40H25NS2. The van der Waals surface area contributed by atoms with Crippen molar-refractivity contribution in [3.05, 3.63) is 152 Å². The van der Waals surface area contributed by atoms with Gasteiger partial charge in [-0.25, -0.2) is 0 Å². The molecule has 43 heavy (non-hydrogen) atoms. The number of hydrogen-bond donors (Lipinski definition) is 0. The predicted molar refractivity (Wildman–Crippen MR) is 190 cm³/mol. The van der Waals surface area contributed by atoms with Crippen LogP contribution in [0.25, 0.3) is 62.2 Å². The van der Waals surface area contributed by atoms with Crippen molar-refractivity contribution in [2.24, 2.45) is 0 Å². The molecule has 9 aromatic rings. The van der Waals surface area contributed by atoms with E-state index in [1.54, 1.807) is 0 Å². The van der Waals surface area contributed by atoms with Crippen LogP contribution in [-0.4, -0.2) is 0 Å². The molecule has 3 heteroatoms. The van der Waals surface area contributed by atoms with Crippen LogP contribution in [0.15, 0.2) is 152 Å². The van der Waals surface area contributed by atoms with Crippen LogP contribution in [0.2, 0.25) is 0 Å². The van der Waals surface area contributed by atoms with Crippen molar-refractivity contribution in [1.82, 2.24) is 0 Å². The van der Waals surface area contributed by atoms with E-state index < -0.39 is 0 Å². The Balaban J connectivity index is 1.20. The first-order valence-corrected chi connectivity index (χ1v) is 16.2. The molecule has 7 aromatic carbocycles. The van der Waals surface area contributed by atoms with Crippen LogP contribution in [0.5, 0.6) is 0 Å². The standard InChI is InChI=1S/C40H25NS2/c1-2-11-28(12-3-1)41(36-18-9-17-33-32-14-6-7-19-37(32)42-40(33)36)29-23-20-27(21-24-29)31-15-8-16-34-35-25-22-26-10-4-5-13-30(26)39(35)43-38(31)34/h1-25H. The lowest BCUT2D eigenvalue weighted by molar-refractivity contribution is 1.30. The molecule has 0 atom stereocenters. The van der Waals surface area contributed by atoms with E-state index in [9.17, 15) is 0 Å². The molecule has 2 heterocycles. The molecule has 0 aliphatic rings. The summed E-state index contributed by atoms with van der Waals surface area (Å²) >= 11 is 3.78. The van der Waals surface area contributed by atoms with Crippen molar-refractivity contribution in [2.75, 3.05) is 4.90 Å². The minimum Gasteiger partial charge on any atom is -0.309 e. The Morgan fingerprint density at radius 2 is 1.02 bits per heavy atom. The Hall–Kier alpha value is -4.96. The topological polar surface area (TPSA) is 3.24 Å². The molecule has 0 saturated carbocycles. The second-order valence-corrected chi connectivity index (χ2v) is 13.0. The fourth-order valence-electron chi connectivity index (χ4n) is 6.46. The highest BCUT2D eigenvalue weighted by Crippen LogP contribution is 2.46. The summed E-state index contributed by atoms with van der Waals surface area (Å²) in [5.41, 5.74) is 6.02. The van der Waals surface area contributed by atoms with Gasteiger partial charge < -0.3 is 4.90 Å². The van der Waals surface area contributed by atoms with Gasteiger partial charge in [-0.15, -0.1) is 22.7 Å². The normalized spacial score (nSPS) is 11.7. The number of benzene rings is 7. The minimum absolute atomic E-state index is 1.15. The zero-order valence-corrected chi connectivity index (χ0v) is 24.8. The number of rotatable bonds is 4. The number of thiophene rings is 2. The lowest BCUT2D eigenvalue weighted by Gasteiger charge is -2.26. The Morgan fingerprint density at radius 3 is 1.88 bits per heavy atom. The van der Waals surface area contributed by atoms with Gasteiger partial charge in [-0.05, 0) is 58.3 Å². The van der Waals surface area contributed by atoms with E-state index in [1.165, 1.54) is 67.9 Å². The van der Waals surface area contributed by atoms with Gasteiger partial charge in [-0.1, -0.05) is 115 Å². The Bertz CT molecular complexity index is 2450. The van der Waals surface area contributed by atoms with E-state index in [1.807, 2.05) is 22.7 Å². The van der Waals surface area contributed by atoms with Crippen molar-refractivity contribution >= 4 is 90.9 Å². The van der Waals surface area contributed by atoms with Crippen LogP contribution in [0.1, 0.15) is 0 Å². The van der Waals surface area contributed by atoms with Gasteiger partial charge in [0.25, 0.3) is 0 Å². The molecule has 2 aromatic heterocycles. The van der Waals surface area contributed by atoms with Crippen molar-refractivity contribution < 1.29 is 0 Å². The van der Waals surface area contributed by atoms with Crippen LogP contribution in [0, 0.1) is 0 Å². The second-order valence-electron chi connectivity index (χ2n) is 10.9. The first-order chi connectivity index (χ1) is 21.3. The summed E-state index contributed by atoms with van der Waals surface area (Å²) in [6, 6.07) is 55.2.